The van der Waals surface area contributed by atoms with E-state index >= 15 is 0 Å². The number of fused-ring (bicyclic) bond motifs is 1. The minimum atomic E-state index is -1.04. The Bertz CT molecular complexity index is 733. The summed E-state index contributed by atoms with van der Waals surface area (Å²) in [6.45, 7) is 0.645. The molecule has 2 aromatic carbocycles. The summed E-state index contributed by atoms with van der Waals surface area (Å²) in [6, 6.07) is 15.2. The van der Waals surface area contributed by atoms with Crippen molar-refractivity contribution in [3.63, 3.8) is 0 Å². The van der Waals surface area contributed by atoms with Gasteiger partial charge in [-0.25, -0.2) is 4.79 Å². The van der Waals surface area contributed by atoms with E-state index in [-0.39, 0.29) is 12.6 Å². The second-order valence-corrected chi connectivity index (χ2v) is 6.43. The number of amides is 2. The molecule has 3 rings (SSSR count). The minimum absolute atomic E-state index is 0.187. The van der Waals surface area contributed by atoms with Crippen molar-refractivity contribution in [3.05, 3.63) is 65.2 Å². The Hall–Kier alpha value is -2.53. The summed E-state index contributed by atoms with van der Waals surface area (Å²) in [6.07, 6.45) is 2.42. The number of carbonyl (C=O) groups excluding carboxylic acids is 1. The van der Waals surface area contributed by atoms with Gasteiger partial charge in [0.15, 0.2) is 0 Å². The minimum Gasteiger partial charge on any atom is -0.497 e. The molecule has 0 spiro atoms. The fourth-order valence-electron chi connectivity index (χ4n) is 3.31. The Kier molecular flexibility index (Phi) is 5.24. The molecule has 0 fully saturated rings. The molecule has 5 heteroatoms. The number of urea groups is 1. The molecule has 0 unspecified atom stereocenters. The third-order valence-corrected chi connectivity index (χ3v) is 4.69. The van der Waals surface area contributed by atoms with Gasteiger partial charge >= 0.3 is 6.03 Å². The molecule has 0 aliphatic heterocycles. The summed E-state index contributed by atoms with van der Waals surface area (Å²) >= 11 is 0. The van der Waals surface area contributed by atoms with Crippen LogP contribution in [-0.2, 0) is 18.6 Å². The molecular formula is C20H24N2O3. The van der Waals surface area contributed by atoms with Crippen LogP contribution in [0.4, 0.5) is 4.79 Å². The molecule has 132 valence electrons. The van der Waals surface area contributed by atoms with Crippen LogP contribution in [0, 0.1) is 0 Å². The van der Waals surface area contributed by atoms with Crippen molar-refractivity contribution in [1.82, 2.24) is 10.6 Å². The number of rotatable bonds is 5. The topological polar surface area (TPSA) is 70.6 Å². The van der Waals surface area contributed by atoms with E-state index in [1.54, 1.807) is 7.11 Å². The molecule has 0 saturated carbocycles. The van der Waals surface area contributed by atoms with Crippen LogP contribution in [0.15, 0.2) is 48.5 Å². The fraction of sp³-hybridized carbons (Fsp3) is 0.350. The van der Waals surface area contributed by atoms with E-state index in [0.717, 1.165) is 35.3 Å². The zero-order chi connectivity index (χ0) is 17.7. The van der Waals surface area contributed by atoms with E-state index in [0.29, 0.717) is 13.0 Å². The van der Waals surface area contributed by atoms with Crippen molar-refractivity contribution >= 4 is 6.03 Å². The molecule has 0 radical (unpaired) electrons. The summed E-state index contributed by atoms with van der Waals surface area (Å²) < 4.78 is 5.26. The number of hydrogen-bond donors (Lipinski definition) is 3. The Morgan fingerprint density at radius 2 is 2.00 bits per heavy atom. The monoisotopic (exact) mass is 340 g/mol. The number of hydrogen-bond acceptors (Lipinski definition) is 3. The Balaban J connectivity index is 1.60. The van der Waals surface area contributed by atoms with Gasteiger partial charge in [-0.3, -0.25) is 0 Å². The van der Waals surface area contributed by atoms with Crippen LogP contribution in [0.2, 0.25) is 0 Å². The summed E-state index contributed by atoms with van der Waals surface area (Å²) in [5.41, 5.74) is 1.96. The molecule has 5 nitrogen and oxygen atoms in total. The van der Waals surface area contributed by atoms with E-state index in [1.165, 1.54) is 0 Å². The molecule has 2 aromatic rings. The first-order chi connectivity index (χ1) is 12.1. The lowest BCUT2D eigenvalue weighted by molar-refractivity contribution is 0.0216. The molecule has 3 N–H and O–H groups in total. The highest BCUT2D eigenvalue weighted by Crippen LogP contribution is 2.36. The smallest absolute Gasteiger partial charge is 0.315 e. The van der Waals surface area contributed by atoms with Crippen LogP contribution in [0.3, 0.4) is 0 Å². The van der Waals surface area contributed by atoms with Crippen LogP contribution >= 0.6 is 0 Å². The third kappa shape index (κ3) is 4.12. The maximum absolute atomic E-state index is 12.1. The van der Waals surface area contributed by atoms with Crippen molar-refractivity contribution in [2.24, 2.45) is 0 Å². The number of methoxy groups -OCH3 is 1. The van der Waals surface area contributed by atoms with Crippen molar-refractivity contribution in [2.45, 2.75) is 31.4 Å². The largest absolute Gasteiger partial charge is 0.497 e. The fourth-order valence-corrected chi connectivity index (χ4v) is 3.31. The molecule has 0 saturated heterocycles. The summed E-state index contributed by atoms with van der Waals surface area (Å²) in [4.78, 5) is 12.1. The lowest BCUT2D eigenvalue weighted by Gasteiger charge is -2.34. The van der Waals surface area contributed by atoms with Gasteiger partial charge in [0, 0.05) is 6.54 Å². The van der Waals surface area contributed by atoms with Crippen molar-refractivity contribution < 1.29 is 14.6 Å². The molecule has 0 heterocycles. The lowest BCUT2D eigenvalue weighted by Crippen LogP contribution is -2.46. The highest BCUT2D eigenvalue weighted by molar-refractivity contribution is 5.74. The van der Waals surface area contributed by atoms with Gasteiger partial charge in [-0.05, 0) is 48.1 Å². The van der Waals surface area contributed by atoms with Crippen molar-refractivity contribution in [1.29, 1.82) is 0 Å². The van der Waals surface area contributed by atoms with E-state index in [9.17, 15) is 9.90 Å². The average Bonchev–Trinajstić information content (AvgIpc) is 2.65. The highest BCUT2D eigenvalue weighted by Gasteiger charge is 2.34. The summed E-state index contributed by atoms with van der Waals surface area (Å²) in [5.74, 6) is 0.788. The highest BCUT2D eigenvalue weighted by atomic mass is 16.5. The molecule has 0 bridgehead atoms. The number of benzene rings is 2. The number of nitrogens with one attached hydrogen (secondary N) is 2. The Labute approximate surface area is 148 Å². The molecular weight excluding hydrogens is 316 g/mol. The van der Waals surface area contributed by atoms with Crippen LogP contribution in [0.5, 0.6) is 5.75 Å². The van der Waals surface area contributed by atoms with Gasteiger partial charge in [-0.1, -0.05) is 36.4 Å². The molecule has 1 aliphatic rings. The first kappa shape index (κ1) is 17.3. The number of aryl methyl sites for hydroxylation is 1. The summed E-state index contributed by atoms with van der Waals surface area (Å²) in [5, 5.41) is 16.7. The summed E-state index contributed by atoms with van der Waals surface area (Å²) in [7, 11) is 1.63. The lowest BCUT2D eigenvalue weighted by atomic mass is 9.79. The Morgan fingerprint density at radius 3 is 2.76 bits per heavy atom. The zero-order valence-electron chi connectivity index (χ0n) is 14.4. The van der Waals surface area contributed by atoms with Crippen LogP contribution in [0.1, 0.15) is 29.5 Å². The second-order valence-electron chi connectivity index (χ2n) is 6.43. The number of carbonyl (C=O) groups is 1. The Morgan fingerprint density at radius 1 is 1.20 bits per heavy atom. The second kappa shape index (κ2) is 7.57. The maximum atomic E-state index is 12.1. The molecule has 25 heavy (non-hydrogen) atoms. The van der Waals surface area contributed by atoms with Gasteiger partial charge in [0.25, 0.3) is 0 Å². The first-order valence-corrected chi connectivity index (χ1v) is 8.56. The van der Waals surface area contributed by atoms with Crippen LogP contribution in [-0.4, -0.2) is 24.8 Å². The standard InChI is InChI=1S/C20H24N2O3/c1-25-17-9-10-18-16(12-17)8-5-11-20(18,24)14-22-19(23)21-13-15-6-3-2-4-7-15/h2-4,6-7,9-10,12,24H,5,8,11,13-14H2,1H3,(H2,21,22,23)/t20-/m1/s1. The average molecular weight is 340 g/mol. The molecule has 1 atom stereocenters. The van der Waals surface area contributed by atoms with E-state index in [2.05, 4.69) is 10.6 Å². The normalized spacial score (nSPS) is 19.0. The van der Waals surface area contributed by atoms with E-state index < -0.39 is 5.60 Å². The van der Waals surface area contributed by atoms with Gasteiger partial charge in [0.1, 0.15) is 11.4 Å². The van der Waals surface area contributed by atoms with Crippen LogP contribution < -0.4 is 15.4 Å². The first-order valence-electron chi connectivity index (χ1n) is 8.56. The van der Waals surface area contributed by atoms with E-state index in [1.807, 2.05) is 48.5 Å². The predicted octanol–water partition coefficient (Wildman–Crippen LogP) is 2.72. The van der Waals surface area contributed by atoms with Crippen LogP contribution in [0.25, 0.3) is 0 Å². The van der Waals surface area contributed by atoms with Crippen molar-refractivity contribution in [2.75, 3.05) is 13.7 Å². The number of aliphatic hydroxyl groups is 1. The molecule has 1 aliphatic carbocycles. The van der Waals surface area contributed by atoms with Gasteiger partial charge in [0.05, 0.1) is 13.7 Å². The predicted molar refractivity (Wildman–Crippen MR) is 96.5 cm³/mol. The van der Waals surface area contributed by atoms with Gasteiger partial charge in [-0.2, -0.15) is 0 Å². The number of ether oxygens (including phenoxy) is 1. The quantitative estimate of drug-likeness (QED) is 0.784. The molecule has 0 aromatic heterocycles. The SMILES string of the molecule is COc1ccc2c(c1)CCC[C@@]2(O)CNC(=O)NCc1ccccc1. The van der Waals surface area contributed by atoms with Gasteiger partial charge < -0.3 is 20.5 Å². The van der Waals surface area contributed by atoms with E-state index in [4.69, 9.17) is 4.74 Å². The zero-order valence-corrected chi connectivity index (χ0v) is 14.4. The maximum Gasteiger partial charge on any atom is 0.315 e. The van der Waals surface area contributed by atoms with Crippen molar-refractivity contribution in [3.8, 4) is 5.75 Å². The van der Waals surface area contributed by atoms with Gasteiger partial charge in [-0.15, -0.1) is 0 Å². The molecule has 2 amide bonds. The van der Waals surface area contributed by atoms with Gasteiger partial charge in [0.2, 0.25) is 0 Å². The third-order valence-electron chi connectivity index (χ3n) is 4.69.